The first-order chi connectivity index (χ1) is 10.1. The van der Waals surface area contributed by atoms with E-state index in [1.807, 2.05) is 42.2 Å². The molecule has 2 N–H and O–H groups in total. The number of carbonyl (C=O) groups excluding carboxylic acids is 1. The van der Waals surface area contributed by atoms with E-state index in [9.17, 15) is 9.59 Å². The molecular formula is C16H22N2O3. The number of rotatable bonds is 4. The number of benzene rings is 1. The van der Waals surface area contributed by atoms with Crippen LogP contribution < -0.4 is 5.32 Å². The number of carbonyl (C=O) groups is 2. The third-order valence-corrected chi connectivity index (χ3v) is 3.96. The molecule has 0 spiro atoms. The maximum Gasteiger partial charge on any atom is 0.405 e. The van der Waals surface area contributed by atoms with Crippen LogP contribution in [-0.2, 0) is 11.2 Å². The van der Waals surface area contributed by atoms with E-state index in [1.54, 1.807) is 0 Å². The van der Waals surface area contributed by atoms with E-state index in [2.05, 4.69) is 5.32 Å². The minimum absolute atomic E-state index is 0.117. The van der Waals surface area contributed by atoms with E-state index in [0.717, 1.165) is 24.8 Å². The molecular weight excluding hydrogens is 268 g/mol. The van der Waals surface area contributed by atoms with Gasteiger partial charge in [0.1, 0.15) is 6.04 Å². The molecule has 1 aliphatic rings. The molecule has 1 aromatic carbocycles. The molecule has 0 radical (unpaired) electrons. The highest BCUT2D eigenvalue weighted by Gasteiger charge is 2.30. The summed E-state index contributed by atoms with van der Waals surface area (Å²) in [6, 6.07) is 8.96. The van der Waals surface area contributed by atoms with Crippen molar-refractivity contribution in [2.45, 2.75) is 44.7 Å². The normalized spacial score (nSPS) is 19.9. The van der Waals surface area contributed by atoms with Crippen molar-refractivity contribution in [3.05, 3.63) is 35.9 Å². The summed E-state index contributed by atoms with van der Waals surface area (Å²) in [7, 11) is 0. The maximum atomic E-state index is 12.6. The summed E-state index contributed by atoms with van der Waals surface area (Å²) >= 11 is 0. The van der Waals surface area contributed by atoms with Crippen molar-refractivity contribution in [3.8, 4) is 0 Å². The highest BCUT2D eigenvalue weighted by Crippen LogP contribution is 2.18. The van der Waals surface area contributed by atoms with Crippen molar-refractivity contribution in [2.24, 2.45) is 0 Å². The average molecular weight is 290 g/mol. The number of hydrogen-bond donors (Lipinski definition) is 2. The fourth-order valence-electron chi connectivity index (χ4n) is 2.82. The van der Waals surface area contributed by atoms with E-state index in [-0.39, 0.29) is 11.9 Å². The average Bonchev–Trinajstić information content (AvgIpc) is 2.47. The minimum atomic E-state index is -1.16. The summed E-state index contributed by atoms with van der Waals surface area (Å²) in [5, 5.41) is 11.4. The number of piperidine rings is 1. The van der Waals surface area contributed by atoms with Crippen molar-refractivity contribution < 1.29 is 14.7 Å². The van der Waals surface area contributed by atoms with Crippen LogP contribution in [0.5, 0.6) is 0 Å². The third kappa shape index (κ3) is 4.21. The first-order valence-corrected chi connectivity index (χ1v) is 7.42. The molecule has 21 heavy (non-hydrogen) atoms. The molecule has 5 nitrogen and oxygen atoms in total. The van der Waals surface area contributed by atoms with Crippen LogP contribution in [-0.4, -0.2) is 40.6 Å². The van der Waals surface area contributed by atoms with Gasteiger partial charge in [-0.2, -0.15) is 0 Å². The second-order valence-corrected chi connectivity index (χ2v) is 5.57. The zero-order chi connectivity index (χ0) is 15.2. The standard InChI is InChI=1S/C16H22N2O3/c1-12-7-5-6-10-18(12)15(19)14(17-16(20)21)11-13-8-3-2-4-9-13/h2-4,8-9,12,14,17H,5-7,10-11H2,1H3,(H,20,21)/t12?,14-/m0/s1. The van der Waals surface area contributed by atoms with Gasteiger partial charge in [0.25, 0.3) is 0 Å². The highest BCUT2D eigenvalue weighted by atomic mass is 16.4. The molecule has 0 saturated carbocycles. The molecule has 0 aromatic heterocycles. The SMILES string of the molecule is CC1CCCCN1C(=O)[C@H](Cc1ccccc1)NC(=O)O. The topological polar surface area (TPSA) is 69.6 Å². The van der Waals surface area contributed by atoms with E-state index in [0.29, 0.717) is 13.0 Å². The summed E-state index contributed by atoms with van der Waals surface area (Å²) in [4.78, 5) is 25.4. The van der Waals surface area contributed by atoms with Crippen LogP contribution >= 0.6 is 0 Å². The Labute approximate surface area is 125 Å². The molecule has 114 valence electrons. The van der Waals surface area contributed by atoms with Crippen LogP contribution in [0.25, 0.3) is 0 Å². The van der Waals surface area contributed by atoms with Crippen LogP contribution in [0, 0.1) is 0 Å². The molecule has 1 aromatic rings. The Bertz CT molecular complexity index is 490. The summed E-state index contributed by atoms with van der Waals surface area (Å²) < 4.78 is 0. The Morgan fingerprint density at radius 2 is 2.05 bits per heavy atom. The van der Waals surface area contributed by atoms with Gasteiger partial charge in [-0.1, -0.05) is 30.3 Å². The van der Waals surface area contributed by atoms with Gasteiger partial charge in [-0.3, -0.25) is 4.79 Å². The molecule has 1 aliphatic heterocycles. The van der Waals surface area contributed by atoms with Crippen molar-refractivity contribution in [1.29, 1.82) is 0 Å². The van der Waals surface area contributed by atoms with Gasteiger partial charge in [0.15, 0.2) is 0 Å². The summed E-state index contributed by atoms with van der Waals surface area (Å²) in [5.41, 5.74) is 0.953. The molecule has 5 heteroatoms. The molecule has 1 fully saturated rings. The number of nitrogens with zero attached hydrogens (tertiary/aromatic N) is 1. The van der Waals surface area contributed by atoms with Crippen molar-refractivity contribution in [2.75, 3.05) is 6.54 Å². The molecule has 2 amide bonds. The number of amides is 2. The Morgan fingerprint density at radius 1 is 1.33 bits per heavy atom. The van der Waals surface area contributed by atoms with Crippen LogP contribution in [0.2, 0.25) is 0 Å². The molecule has 0 bridgehead atoms. The maximum absolute atomic E-state index is 12.6. The summed E-state index contributed by atoms with van der Waals surface area (Å²) in [5.74, 6) is -0.117. The molecule has 2 atom stereocenters. The lowest BCUT2D eigenvalue weighted by Crippen LogP contribution is -2.53. The van der Waals surface area contributed by atoms with Crippen LogP contribution in [0.3, 0.4) is 0 Å². The second kappa shape index (κ2) is 7.11. The van der Waals surface area contributed by atoms with Crippen molar-refractivity contribution in [1.82, 2.24) is 10.2 Å². The van der Waals surface area contributed by atoms with Gasteiger partial charge in [-0.05, 0) is 31.7 Å². The lowest BCUT2D eigenvalue weighted by molar-refractivity contribution is -0.136. The monoisotopic (exact) mass is 290 g/mol. The molecule has 2 rings (SSSR count). The summed E-state index contributed by atoms with van der Waals surface area (Å²) in [6.45, 7) is 2.74. The largest absolute Gasteiger partial charge is 0.465 e. The zero-order valence-corrected chi connectivity index (χ0v) is 12.3. The fourth-order valence-corrected chi connectivity index (χ4v) is 2.82. The van der Waals surface area contributed by atoms with Crippen LogP contribution in [0.4, 0.5) is 4.79 Å². The van der Waals surface area contributed by atoms with E-state index in [1.165, 1.54) is 0 Å². The van der Waals surface area contributed by atoms with E-state index in [4.69, 9.17) is 5.11 Å². The number of likely N-dealkylation sites (tertiary alicyclic amines) is 1. The molecule has 1 heterocycles. The molecule has 1 unspecified atom stereocenters. The van der Waals surface area contributed by atoms with Gasteiger partial charge in [0, 0.05) is 19.0 Å². The third-order valence-electron chi connectivity index (χ3n) is 3.96. The van der Waals surface area contributed by atoms with Gasteiger partial charge < -0.3 is 15.3 Å². The quantitative estimate of drug-likeness (QED) is 0.893. The predicted octanol–water partition coefficient (Wildman–Crippen LogP) is 2.27. The minimum Gasteiger partial charge on any atom is -0.465 e. The molecule has 0 aliphatic carbocycles. The van der Waals surface area contributed by atoms with Gasteiger partial charge in [-0.15, -0.1) is 0 Å². The zero-order valence-electron chi connectivity index (χ0n) is 12.3. The lowest BCUT2D eigenvalue weighted by atomic mass is 10.00. The van der Waals surface area contributed by atoms with E-state index < -0.39 is 12.1 Å². The first-order valence-electron chi connectivity index (χ1n) is 7.42. The Balaban J connectivity index is 2.11. The Hall–Kier alpha value is -2.04. The van der Waals surface area contributed by atoms with Crippen molar-refractivity contribution >= 4 is 12.0 Å². The summed E-state index contributed by atoms with van der Waals surface area (Å²) in [6.07, 6.45) is 2.32. The van der Waals surface area contributed by atoms with Crippen LogP contribution in [0.1, 0.15) is 31.7 Å². The Morgan fingerprint density at radius 3 is 2.67 bits per heavy atom. The number of carboxylic acid groups (broad SMARTS) is 1. The number of nitrogens with one attached hydrogen (secondary N) is 1. The van der Waals surface area contributed by atoms with Gasteiger partial charge in [0.2, 0.25) is 5.91 Å². The first kappa shape index (κ1) is 15.4. The van der Waals surface area contributed by atoms with Gasteiger partial charge in [-0.25, -0.2) is 4.79 Å². The number of hydrogen-bond acceptors (Lipinski definition) is 2. The Kier molecular flexibility index (Phi) is 5.20. The lowest BCUT2D eigenvalue weighted by Gasteiger charge is -2.35. The predicted molar refractivity (Wildman–Crippen MR) is 80.1 cm³/mol. The van der Waals surface area contributed by atoms with Crippen molar-refractivity contribution in [3.63, 3.8) is 0 Å². The van der Waals surface area contributed by atoms with Gasteiger partial charge in [0.05, 0.1) is 0 Å². The smallest absolute Gasteiger partial charge is 0.405 e. The van der Waals surface area contributed by atoms with Gasteiger partial charge >= 0.3 is 6.09 Å². The van der Waals surface area contributed by atoms with E-state index >= 15 is 0 Å². The van der Waals surface area contributed by atoms with Crippen LogP contribution in [0.15, 0.2) is 30.3 Å². The second-order valence-electron chi connectivity index (χ2n) is 5.57. The highest BCUT2D eigenvalue weighted by molar-refractivity contribution is 5.86. The fraction of sp³-hybridized carbons (Fsp3) is 0.500. The molecule has 1 saturated heterocycles.